The molecule has 0 fully saturated rings. The number of nitrogens with one attached hydrogen (secondary N) is 3. The van der Waals surface area contributed by atoms with Crippen molar-refractivity contribution in [1.82, 2.24) is 24.5 Å². The Balaban J connectivity index is 0.000000669. The van der Waals surface area contributed by atoms with Crippen molar-refractivity contribution < 1.29 is 23.7 Å². The molecule has 0 unspecified atom stereocenters. The molecule has 0 aliphatic carbocycles. The Bertz CT molecular complexity index is 3740. The molecule has 0 heterocycles. The zero-order chi connectivity index (χ0) is 82.0. The molecule has 3 N–H and O–H groups in total. The third-order valence-corrected chi connectivity index (χ3v) is 20.0. The summed E-state index contributed by atoms with van der Waals surface area (Å²) in [6, 6.07) is 0. The summed E-state index contributed by atoms with van der Waals surface area (Å²) >= 11 is 25.8. The molecule has 5 aromatic carbocycles. The van der Waals surface area contributed by atoms with Crippen LogP contribution in [0.2, 0.25) is 0 Å². The summed E-state index contributed by atoms with van der Waals surface area (Å²) < 4.78 is 30.4. The number of rotatable bonds is 45. The van der Waals surface area contributed by atoms with E-state index in [1.165, 1.54) is 19.3 Å². The van der Waals surface area contributed by atoms with Crippen molar-refractivity contribution in [2.75, 3.05) is 239 Å². The molecule has 5 rings (SSSR count). The first-order chi connectivity index (χ1) is 49.8. The fourth-order valence-electron chi connectivity index (χ4n) is 12.0. The van der Waals surface area contributed by atoms with Crippen LogP contribution in [0.1, 0.15) is 199 Å². The second-order valence-corrected chi connectivity index (χ2v) is 35.2. The van der Waals surface area contributed by atoms with Gasteiger partial charge in [0.05, 0.1) is 94.5 Å². The SMILES string of the molecule is CCCN(C)CCOCCNc1c(C(C)(C)C)c(=O)c1=S.CCCN(CC)CCOCCNc1c(C(C)(C)C)c(=O)c1=S.CCCN(CCC)CCOCCNc1c(C(C)(C)C)c(=O)c1=S.CCN(C)CCOCCN(C)c1c(C(C)(C)C)c(=O)c1=S.CN(C)CCOCCN(C)c1c(C(C)(C)C)c(=O)c1=S. The molecule has 25 heteroatoms. The molecule has 0 spiro atoms. The lowest BCUT2D eigenvalue weighted by atomic mass is 9.82. The fourth-order valence-corrected chi connectivity index (χ4v) is 13.6. The zero-order valence-electron chi connectivity index (χ0n) is 71.5. The molecule has 0 aromatic heterocycles. The van der Waals surface area contributed by atoms with Crippen molar-refractivity contribution in [2.45, 2.75) is 198 Å². The summed E-state index contributed by atoms with van der Waals surface area (Å²) in [4.78, 5) is 74.9. The molecule has 0 aliphatic heterocycles. The number of hydrogen-bond donors (Lipinski definition) is 3. The van der Waals surface area contributed by atoms with Crippen molar-refractivity contribution in [1.29, 1.82) is 0 Å². The van der Waals surface area contributed by atoms with E-state index in [0.717, 1.165) is 181 Å². The largest absolute Gasteiger partial charge is 0.381 e. The summed E-state index contributed by atoms with van der Waals surface area (Å²) in [7, 11) is 12.2. The smallest absolute Gasteiger partial charge is 0.204 e. The van der Waals surface area contributed by atoms with Gasteiger partial charge in [0.25, 0.3) is 0 Å². The Morgan fingerprint density at radius 3 is 0.841 bits per heavy atom. The van der Waals surface area contributed by atoms with E-state index in [2.05, 4.69) is 96.1 Å². The van der Waals surface area contributed by atoms with Gasteiger partial charge in [-0.1, -0.05) is 206 Å². The molecule has 612 valence electrons. The molecule has 0 radical (unpaired) electrons. The first kappa shape index (κ1) is 101. The first-order valence-corrected chi connectivity index (χ1v) is 41.0. The average Bonchev–Trinajstić information content (AvgIpc) is 0.792. The zero-order valence-corrected chi connectivity index (χ0v) is 75.5. The minimum absolute atomic E-state index is 0.0158. The van der Waals surface area contributed by atoms with Crippen LogP contribution in [0.25, 0.3) is 0 Å². The van der Waals surface area contributed by atoms with E-state index in [-0.39, 0.29) is 54.2 Å². The summed E-state index contributed by atoms with van der Waals surface area (Å²) in [5.41, 5.74) is 7.84. The van der Waals surface area contributed by atoms with Crippen molar-refractivity contribution in [3.63, 3.8) is 0 Å². The van der Waals surface area contributed by atoms with E-state index in [1.807, 2.05) is 142 Å². The molecule has 0 saturated carbocycles. The number of anilines is 5. The normalized spacial score (nSPS) is 12.3. The molecule has 5 aromatic rings. The topological polar surface area (TPSA) is 190 Å². The van der Waals surface area contributed by atoms with Crippen LogP contribution in [0.3, 0.4) is 0 Å². The molecular weight excluding hydrogens is 1450 g/mol. The van der Waals surface area contributed by atoms with Gasteiger partial charge in [0.2, 0.25) is 27.1 Å². The van der Waals surface area contributed by atoms with Crippen LogP contribution in [0.5, 0.6) is 0 Å². The lowest BCUT2D eigenvalue weighted by Gasteiger charge is -2.30. The van der Waals surface area contributed by atoms with Crippen molar-refractivity contribution >= 4 is 89.5 Å². The molecule has 0 aliphatic rings. The molecule has 20 nitrogen and oxygen atoms in total. The third kappa shape index (κ3) is 34.1. The predicted octanol–water partition coefficient (Wildman–Crippen LogP) is 13.6. The fraction of sp³-hybridized carbons (Fsp3) is 0.756. The van der Waals surface area contributed by atoms with Gasteiger partial charge in [0.1, 0.15) is 22.6 Å². The van der Waals surface area contributed by atoms with Crippen LogP contribution in [0.15, 0.2) is 24.0 Å². The van der Waals surface area contributed by atoms with E-state index in [1.54, 1.807) is 0 Å². The van der Waals surface area contributed by atoms with Crippen LogP contribution >= 0.6 is 61.1 Å². The quantitative estimate of drug-likeness (QED) is 0.0246. The summed E-state index contributed by atoms with van der Waals surface area (Å²) in [5, 5.41) is 9.78. The van der Waals surface area contributed by atoms with Crippen LogP contribution in [-0.4, -0.2) is 238 Å². The Labute approximate surface area is 671 Å². The maximum Gasteiger partial charge on any atom is 0.204 e. The van der Waals surface area contributed by atoms with Gasteiger partial charge in [-0.25, -0.2) is 0 Å². The highest BCUT2D eigenvalue weighted by atomic mass is 32.1. The van der Waals surface area contributed by atoms with Crippen LogP contribution in [0.4, 0.5) is 28.4 Å². The molecular formula is C82H144N10O10S5. The maximum atomic E-state index is 11.9. The predicted molar refractivity (Wildman–Crippen MR) is 468 cm³/mol. The van der Waals surface area contributed by atoms with Gasteiger partial charge in [-0.15, -0.1) is 0 Å². The summed E-state index contributed by atoms with van der Waals surface area (Å²) in [5.74, 6) is 0. The first-order valence-electron chi connectivity index (χ1n) is 39.0. The second-order valence-electron chi connectivity index (χ2n) is 33.2. The lowest BCUT2D eigenvalue weighted by Crippen LogP contribution is -2.36. The number of ether oxygens (including phenoxy) is 5. The highest BCUT2D eigenvalue weighted by Crippen LogP contribution is 2.35. The van der Waals surface area contributed by atoms with Gasteiger partial charge >= 0.3 is 0 Å². The average molecular weight is 1590 g/mol. The van der Waals surface area contributed by atoms with Crippen molar-refractivity contribution in [3.8, 4) is 0 Å². The molecule has 0 atom stereocenters. The van der Waals surface area contributed by atoms with E-state index < -0.39 is 0 Å². The molecule has 0 bridgehead atoms. The van der Waals surface area contributed by atoms with Crippen LogP contribution in [-0.2, 0) is 50.8 Å². The Morgan fingerprint density at radius 1 is 0.290 bits per heavy atom. The van der Waals surface area contributed by atoms with Gasteiger partial charge in [-0.3, -0.25) is 24.0 Å². The number of nitrogens with zero attached hydrogens (tertiary/aromatic N) is 7. The van der Waals surface area contributed by atoms with Gasteiger partial charge in [-0.05, 0) is 120 Å². The van der Waals surface area contributed by atoms with Crippen molar-refractivity contribution in [2.24, 2.45) is 0 Å². The monoisotopic (exact) mass is 1590 g/mol. The minimum atomic E-state index is -0.163. The number of likely N-dealkylation sites (N-methyl/N-ethyl adjacent to an activating group) is 6. The van der Waals surface area contributed by atoms with E-state index in [4.69, 9.17) is 84.8 Å². The Kier molecular flexibility index (Phi) is 46.8. The second kappa shape index (κ2) is 49.6. The highest BCUT2D eigenvalue weighted by Gasteiger charge is 2.33. The summed E-state index contributed by atoms with van der Waals surface area (Å²) in [6.07, 6.45) is 4.69. The lowest BCUT2D eigenvalue weighted by molar-refractivity contribution is 0.111. The Hall–Kier alpha value is -3.90. The third-order valence-electron chi connectivity index (χ3n) is 18.0. The maximum absolute atomic E-state index is 11.9. The van der Waals surface area contributed by atoms with Crippen LogP contribution < -0.4 is 52.9 Å². The minimum Gasteiger partial charge on any atom is -0.381 e. The molecule has 107 heavy (non-hydrogen) atoms. The Morgan fingerprint density at radius 2 is 0.551 bits per heavy atom. The van der Waals surface area contributed by atoms with Gasteiger partial charge in [0.15, 0.2) is 0 Å². The standard InChI is InChI=1S/C18H32N2O2S.C17H30N2O2S.2C16H28N2O2S.C15H26N2O2S/c1-6-9-20(10-7-2)11-13-22-12-8-19-15-14(18(3,4)5)16(21)17(15)23;1-6-9-19(7-2)10-12-21-11-8-18-14-13(17(3,4)5)15(20)16(14)22;1-7-17(5)8-10-20-11-9-18(6)13-12(16(2,3)4)14(19)15(13)21;1-6-8-18(5)9-11-20-10-7-17-13-12(16(2,3)4)14(19)15(13)21;1-15(2,3)11-12(14(20)13(11)18)17(6)8-10-19-9-7-16(4)5/h19H,6-13H2,1-5H3;18H,6-12H2,1-5H3;7-11H2,1-6H3;17H,6-11H2,1-5H3;7-10H2,1-6H3. The summed E-state index contributed by atoms with van der Waals surface area (Å²) in [6.45, 7) is 65.4. The molecule has 0 saturated heterocycles. The number of hydrogen-bond acceptors (Lipinski definition) is 25. The molecule has 0 amide bonds. The van der Waals surface area contributed by atoms with E-state index in [9.17, 15) is 24.0 Å². The van der Waals surface area contributed by atoms with Crippen LogP contribution in [0, 0.1) is 22.6 Å². The van der Waals surface area contributed by atoms with Crippen molar-refractivity contribution in [3.05, 3.63) is 101 Å². The van der Waals surface area contributed by atoms with Gasteiger partial charge in [-0.2, -0.15) is 0 Å². The van der Waals surface area contributed by atoms with E-state index >= 15 is 0 Å². The highest BCUT2D eigenvalue weighted by molar-refractivity contribution is 7.72. The van der Waals surface area contributed by atoms with E-state index in [0.29, 0.717) is 75.2 Å². The van der Waals surface area contributed by atoms with Gasteiger partial charge < -0.3 is 73.9 Å². The van der Waals surface area contributed by atoms with Gasteiger partial charge in [0, 0.05) is 107 Å².